The third kappa shape index (κ3) is 8.61. The van der Waals surface area contributed by atoms with Crippen LogP contribution in [0.2, 0.25) is 0 Å². The molecule has 0 aromatic heterocycles. The highest BCUT2D eigenvalue weighted by Gasteiger charge is 2.06. The number of aliphatic imine (C=N–C) groups is 1. The molecule has 2 rings (SSSR count). The molecule has 0 heterocycles. The summed E-state index contributed by atoms with van der Waals surface area (Å²) < 4.78 is 13.0. The maximum absolute atomic E-state index is 13.0. The van der Waals surface area contributed by atoms with Gasteiger partial charge in [-0.1, -0.05) is 24.3 Å². The number of guanidine groups is 1. The smallest absolute Gasteiger partial charge is 0.251 e. The van der Waals surface area contributed by atoms with Crippen LogP contribution >= 0.6 is 0 Å². The van der Waals surface area contributed by atoms with Gasteiger partial charge in [0.15, 0.2) is 5.96 Å². The Bertz CT molecular complexity index is 821. The van der Waals surface area contributed by atoms with E-state index in [0.717, 1.165) is 30.6 Å². The Kier molecular flexibility index (Phi) is 9.80. The molecule has 2 aromatic carbocycles. The van der Waals surface area contributed by atoms with E-state index in [1.807, 2.05) is 50.2 Å². The normalized spacial score (nSPS) is 11.4. The highest BCUT2D eigenvalue weighted by Crippen LogP contribution is 2.07. The van der Waals surface area contributed by atoms with E-state index in [1.54, 1.807) is 12.1 Å². The Balaban J connectivity index is 1.90. The van der Waals surface area contributed by atoms with Crippen molar-refractivity contribution in [3.8, 4) is 0 Å². The van der Waals surface area contributed by atoms with E-state index in [9.17, 15) is 9.18 Å². The first-order valence-corrected chi connectivity index (χ1v) is 10.3. The van der Waals surface area contributed by atoms with Gasteiger partial charge < -0.3 is 20.9 Å². The van der Waals surface area contributed by atoms with Crippen molar-refractivity contribution in [2.75, 3.05) is 40.3 Å². The number of likely N-dealkylation sites (N-methyl/N-ethyl adjacent to an activating group) is 1. The minimum Gasteiger partial charge on any atom is -0.357 e. The summed E-state index contributed by atoms with van der Waals surface area (Å²) in [5.41, 5.74) is 2.66. The van der Waals surface area contributed by atoms with Crippen LogP contribution in [0.25, 0.3) is 0 Å². The van der Waals surface area contributed by atoms with Gasteiger partial charge in [0.2, 0.25) is 0 Å². The van der Waals surface area contributed by atoms with Crippen LogP contribution in [0.15, 0.2) is 53.5 Å². The summed E-state index contributed by atoms with van der Waals surface area (Å²) in [7, 11) is 3.95. The zero-order chi connectivity index (χ0) is 21.8. The Labute approximate surface area is 178 Å². The first-order chi connectivity index (χ1) is 14.5. The van der Waals surface area contributed by atoms with E-state index < -0.39 is 0 Å². The van der Waals surface area contributed by atoms with Gasteiger partial charge in [0, 0.05) is 31.7 Å². The molecule has 2 aromatic rings. The molecular weight excluding hydrogens is 381 g/mol. The number of hydrogen-bond donors (Lipinski definition) is 3. The number of nitrogens with zero attached hydrogens (tertiary/aromatic N) is 2. The van der Waals surface area contributed by atoms with E-state index >= 15 is 0 Å². The van der Waals surface area contributed by atoms with Crippen molar-refractivity contribution in [3.63, 3.8) is 0 Å². The van der Waals surface area contributed by atoms with Gasteiger partial charge in [-0.3, -0.25) is 4.79 Å². The molecule has 0 aliphatic rings. The lowest BCUT2D eigenvalue weighted by atomic mass is 10.1. The van der Waals surface area contributed by atoms with Crippen molar-refractivity contribution in [3.05, 3.63) is 71.0 Å². The van der Waals surface area contributed by atoms with Crippen molar-refractivity contribution in [2.45, 2.75) is 19.9 Å². The van der Waals surface area contributed by atoms with E-state index in [4.69, 9.17) is 0 Å². The molecule has 0 aliphatic heterocycles. The van der Waals surface area contributed by atoms with E-state index in [0.29, 0.717) is 31.2 Å². The minimum atomic E-state index is -0.227. The maximum atomic E-state index is 13.0. The van der Waals surface area contributed by atoms with Gasteiger partial charge in [-0.15, -0.1) is 0 Å². The van der Waals surface area contributed by atoms with Crippen molar-refractivity contribution >= 4 is 11.9 Å². The maximum Gasteiger partial charge on any atom is 0.251 e. The highest BCUT2D eigenvalue weighted by atomic mass is 19.1. The van der Waals surface area contributed by atoms with Crippen LogP contribution in [-0.4, -0.2) is 57.0 Å². The Morgan fingerprint density at radius 2 is 1.77 bits per heavy atom. The zero-order valence-corrected chi connectivity index (χ0v) is 18.0. The average molecular weight is 414 g/mol. The second-order valence-corrected chi connectivity index (χ2v) is 7.26. The minimum absolute atomic E-state index is 0.0768. The van der Waals surface area contributed by atoms with Gasteiger partial charge >= 0.3 is 0 Å². The fraction of sp³-hybridized carbons (Fsp3) is 0.391. The number of carbonyl (C=O) groups excluding carboxylic acids is 1. The molecule has 0 fully saturated rings. The summed E-state index contributed by atoms with van der Waals surface area (Å²) in [5.74, 6) is 0.405. The zero-order valence-electron chi connectivity index (χ0n) is 18.0. The van der Waals surface area contributed by atoms with E-state index in [1.165, 1.54) is 12.1 Å². The summed E-state index contributed by atoms with van der Waals surface area (Å²) in [6.07, 6.45) is 0.771. The largest absolute Gasteiger partial charge is 0.357 e. The predicted octanol–water partition coefficient (Wildman–Crippen LogP) is 2.41. The van der Waals surface area contributed by atoms with Gasteiger partial charge in [0.1, 0.15) is 5.82 Å². The number of benzene rings is 2. The summed E-state index contributed by atoms with van der Waals surface area (Å²) in [4.78, 5) is 18.9. The van der Waals surface area contributed by atoms with Gasteiger partial charge in [0.25, 0.3) is 5.91 Å². The molecule has 30 heavy (non-hydrogen) atoms. The molecule has 0 saturated heterocycles. The molecule has 162 valence electrons. The van der Waals surface area contributed by atoms with Crippen LogP contribution in [0.4, 0.5) is 4.39 Å². The molecule has 0 atom stereocenters. The molecule has 6 nitrogen and oxygen atoms in total. The fourth-order valence-corrected chi connectivity index (χ4v) is 2.79. The lowest BCUT2D eigenvalue weighted by Crippen LogP contribution is -2.38. The Morgan fingerprint density at radius 1 is 1.00 bits per heavy atom. The van der Waals surface area contributed by atoms with Crippen molar-refractivity contribution in [1.82, 2.24) is 20.9 Å². The standard InChI is InChI=1S/C23H32FN5O/c1-4-25-23(27-13-12-18-8-10-21(24)11-9-18)28-17-19-6-5-7-20(16-19)22(30)26-14-15-29(2)3/h5-11,16H,4,12-15,17H2,1-3H3,(H,26,30)(H2,25,27,28). The predicted molar refractivity (Wildman–Crippen MR) is 120 cm³/mol. The summed E-state index contributed by atoms with van der Waals surface area (Å²) in [6.45, 7) is 5.31. The second kappa shape index (κ2) is 12.6. The van der Waals surface area contributed by atoms with Crippen molar-refractivity contribution < 1.29 is 9.18 Å². The van der Waals surface area contributed by atoms with Crippen LogP contribution in [0.3, 0.4) is 0 Å². The number of nitrogens with one attached hydrogen (secondary N) is 3. The molecular formula is C23H32FN5O. The van der Waals surface area contributed by atoms with Crippen LogP contribution in [0.1, 0.15) is 28.4 Å². The summed E-state index contributed by atoms with van der Waals surface area (Å²) >= 11 is 0. The Hall–Kier alpha value is -2.93. The fourth-order valence-electron chi connectivity index (χ4n) is 2.79. The first kappa shape index (κ1) is 23.3. The molecule has 7 heteroatoms. The van der Waals surface area contributed by atoms with Crippen LogP contribution < -0.4 is 16.0 Å². The van der Waals surface area contributed by atoms with Gasteiger partial charge in [-0.05, 0) is 62.8 Å². The molecule has 0 saturated carbocycles. The summed E-state index contributed by atoms with van der Waals surface area (Å²) in [5, 5.41) is 9.44. The van der Waals surface area contributed by atoms with Crippen LogP contribution in [0, 0.1) is 5.82 Å². The van der Waals surface area contributed by atoms with Crippen LogP contribution in [-0.2, 0) is 13.0 Å². The Morgan fingerprint density at radius 3 is 2.47 bits per heavy atom. The molecule has 0 spiro atoms. The monoisotopic (exact) mass is 413 g/mol. The molecule has 0 bridgehead atoms. The number of carbonyl (C=O) groups is 1. The number of halogens is 1. The van der Waals surface area contributed by atoms with Crippen molar-refractivity contribution in [1.29, 1.82) is 0 Å². The lowest BCUT2D eigenvalue weighted by Gasteiger charge is -2.12. The molecule has 1 amide bonds. The first-order valence-electron chi connectivity index (χ1n) is 10.3. The van der Waals surface area contributed by atoms with Crippen LogP contribution in [0.5, 0.6) is 0 Å². The highest BCUT2D eigenvalue weighted by molar-refractivity contribution is 5.94. The van der Waals surface area contributed by atoms with E-state index in [2.05, 4.69) is 20.9 Å². The molecule has 0 unspecified atom stereocenters. The number of hydrogen-bond acceptors (Lipinski definition) is 3. The summed E-state index contributed by atoms with van der Waals surface area (Å²) in [6, 6.07) is 14.0. The lowest BCUT2D eigenvalue weighted by molar-refractivity contribution is 0.0951. The van der Waals surface area contributed by atoms with E-state index in [-0.39, 0.29) is 11.7 Å². The van der Waals surface area contributed by atoms with Gasteiger partial charge in [-0.25, -0.2) is 9.38 Å². The second-order valence-electron chi connectivity index (χ2n) is 7.26. The number of rotatable bonds is 10. The molecule has 0 aliphatic carbocycles. The van der Waals surface area contributed by atoms with Gasteiger partial charge in [-0.2, -0.15) is 0 Å². The molecule has 3 N–H and O–H groups in total. The van der Waals surface area contributed by atoms with Crippen molar-refractivity contribution in [2.24, 2.45) is 4.99 Å². The molecule has 0 radical (unpaired) electrons. The quantitative estimate of drug-likeness (QED) is 0.413. The third-order valence-corrected chi connectivity index (χ3v) is 4.42. The van der Waals surface area contributed by atoms with Gasteiger partial charge in [0.05, 0.1) is 6.54 Å². The number of amides is 1. The average Bonchev–Trinajstić information content (AvgIpc) is 2.73. The third-order valence-electron chi connectivity index (χ3n) is 4.42. The topological polar surface area (TPSA) is 68.8 Å². The SMILES string of the molecule is CCNC(=NCc1cccc(C(=O)NCCN(C)C)c1)NCCc1ccc(F)cc1.